The van der Waals surface area contributed by atoms with Gasteiger partial charge in [0.2, 0.25) is 11.8 Å². The van der Waals surface area contributed by atoms with Crippen molar-refractivity contribution in [1.29, 1.82) is 0 Å². The normalized spacial score (nSPS) is 15.7. The van der Waals surface area contributed by atoms with Crippen molar-refractivity contribution in [3.8, 4) is 0 Å². The average molecular weight is 420 g/mol. The average Bonchev–Trinajstić information content (AvgIpc) is 2.72. The van der Waals surface area contributed by atoms with Crippen molar-refractivity contribution in [3.63, 3.8) is 0 Å². The fraction of sp³-hybridized carbons (Fsp3) is 0.609. The van der Waals surface area contributed by atoms with E-state index in [1.165, 1.54) is 18.2 Å². The molecule has 0 radical (unpaired) electrons. The molecule has 166 valence electrons. The first kappa shape index (κ1) is 23.8. The number of amides is 3. The Kier molecular flexibility index (Phi) is 8.81. The highest BCUT2D eigenvalue weighted by Crippen LogP contribution is 2.24. The molecule has 2 rings (SSSR count). The van der Waals surface area contributed by atoms with Gasteiger partial charge in [0, 0.05) is 38.2 Å². The summed E-state index contributed by atoms with van der Waals surface area (Å²) in [7, 11) is 0. The summed E-state index contributed by atoms with van der Waals surface area (Å²) in [5, 5.41) is 2.97. The number of rotatable bonds is 8. The van der Waals surface area contributed by atoms with Gasteiger partial charge in [-0.25, -0.2) is 4.39 Å². The van der Waals surface area contributed by atoms with E-state index in [0.717, 1.165) is 0 Å². The Morgan fingerprint density at radius 3 is 2.33 bits per heavy atom. The number of nitrogens with zero attached hydrogens (tertiary/aromatic N) is 2. The van der Waals surface area contributed by atoms with Gasteiger partial charge in [-0.1, -0.05) is 19.9 Å². The Hall–Kier alpha value is -2.44. The second kappa shape index (κ2) is 11.1. The van der Waals surface area contributed by atoms with E-state index in [0.29, 0.717) is 51.0 Å². The lowest BCUT2D eigenvalue weighted by atomic mass is 9.87. The van der Waals surface area contributed by atoms with Gasteiger partial charge in [0.25, 0.3) is 5.91 Å². The number of nitrogens with one attached hydrogen (secondary N) is 1. The van der Waals surface area contributed by atoms with E-state index >= 15 is 0 Å². The Bertz CT molecular complexity index is 741. The lowest BCUT2D eigenvalue weighted by Gasteiger charge is -2.37. The minimum atomic E-state index is -0.581. The number of halogens is 1. The summed E-state index contributed by atoms with van der Waals surface area (Å²) in [5.41, 5.74) is 0.328. The largest absolute Gasteiger partial charge is 0.344 e. The Balaban J connectivity index is 2.08. The number of benzene rings is 1. The molecule has 1 atom stereocenters. The molecule has 0 saturated carbocycles. The van der Waals surface area contributed by atoms with Crippen LogP contribution in [0.1, 0.15) is 57.3 Å². The van der Waals surface area contributed by atoms with E-state index in [1.807, 2.05) is 27.7 Å². The lowest BCUT2D eigenvalue weighted by molar-refractivity contribution is -0.138. The van der Waals surface area contributed by atoms with Crippen molar-refractivity contribution < 1.29 is 18.8 Å². The van der Waals surface area contributed by atoms with Crippen molar-refractivity contribution in [3.05, 3.63) is 35.6 Å². The lowest BCUT2D eigenvalue weighted by Crippen LogP contribution is -2.54. The molecule has 0 aromatic heterocycles. The maximum absolute atomic E-state index is 13.5. The van der Waals surface area contributed by atoms with Crippen molar-refractivity contribution in [2.45, 2.75) is 53.0 Å². The standard InChI is InChI=1S/C23H34FN3O3/c1-5-26(6-2)23(30)21(25-20(28)14-16(3)4)17-10-12-27(13-11-17)22(29)18-8-7-9-19(24)15-18/h7-9,15-17,21H,5-6,10-14H2,1-4H3,(H,25,28)/t21-/m1/s1. The first-order valence-electron chi connectivity index (χ1n) is 10.9. The van der Waals surface area contributed by atoms with Crippen LogP contribution in [0.5, 0.6) is 0 Å². The van der Waals surface area contributed by atoms with Gasteiger partial charge in [-0.2, -0.15) is 0 Å². The van der Waals surface area contributed by atoms with Crippen LogP contribution >= 0.6 is 0 Å². The Morgan fingerprint density at radius 2 is 1.80 bits per heavy atom. The maximum atomic E-state index is 13.5. The summed E-state index contributed by atoms with van der Waals surface area (Å²) in [5.74, 6) is -0.650. The van der Waals surface area contributed by atoms with Crippen LogP contribution < -0.4 is 5.32 Å². The van der Waals surface area contributed by atoms with Gasteiger partial charge >= 0.3 is 0 Å². The van der Waals surface area contributed by atoms with Crippen LogP contribution in [-0.2, 0) is 9.59 Å². The third-order valence-corrected chi connectivity index (χ3v) is 5.62. The second-order valence-electron chi connectivity index (χ2n) is 8.29. The molecule has 1 aliphatic heterocycles. The molecule has 0 bridgehead atoms. The van der Waals surface area contributed by atoms with Gasteiger partial charge in [-0.05, 0) is 56.7 Å². The SMILES string of the molecule is CCN(CC)C(=O)[C@H](NC(=O)CC(C)C)C1CCN(C(=O)c2cccc(F)c2)CC1. The number of likely N-dealkylation sites (tertiary alicyclic amines) is 1. The molecule has 1 saturated heterocycles. The summed E-state index contributed by atoms with van der Waals surface area (Å²) in [6.45, 7) is 9.91. The third-order valence-electron chi connectivity index (χ3n) is 5.62. The predicted octanol–water partition coefficient (Wildman–Crippen LogP) is 3.08. The number of carbonyl (C=O) groups excluding carboxylic acids is 3. The van der Waals surface area contributed by atoms with E-state index < -0.39 is 11.9 Å². The number of likely N-dealkylation sites (N-methyl/N-ethyl adjacent to an activating group) is 1. The minimum Gasteiger partial charge on any atom is -0.344 e. The molecule has 3 amide bonds. The second-order valence-corrected chi connectivity index (χ2v) is 8.29. The van der Waals surface area contributed by atoms with Crippen LogP contribution in [-0.4, -0.2) is 59.7 Å². The first-order valence-corrected chi connectivity index (χ1v) is 10.9. The molecule has 7 heteroatoms. The zero-order chi connectivity index (χ0) is 22.3. The zero-order valence-electron chi connectivity index (χ0n) is 18.5. The van der Waals surface area contributed by atoms with Crippen LogP contribution in [0.4, 0.5) is 4.39 Å². The van der Waals surface area contributed by atoms with Crippen molar-refractivity contribution in [2.75, 3.05) is 26.2 Å². The number of hydrogen-bond donors (Lipinski definition) is 1. The predicted molar refractivity (Wildman–Crippen MR) is 114 cm³/mol. The zero-order valence-corrected chi connectivity index (χ0v) is 18.5. The van der Waals surface area contributed by atoms with E-state index in [2.05, 4.69) is 5.32 Å². The topological polar surface area (TPSA) is 69.7 Å². The molecule has 0 spiro atoms. The smallest absolute Gasteiger partial charge is 0.253 e. The van der Waals surface area contributed by atoms with Crippen LogP contribution in [0, 0.1) is 17.7 Å². The van der Waals surface area contributed by atoms with Crippen LogP contribution in [0.3, 0.4) is 0 Å². The molecule has 0 aliphatic carbocycles. The summed E-state index contributed by atoms with van der Waals surface area (Å²) in [6.07, 6.45) is 1.60. The molecule has 1 aromatic carbocycles. The highest BCUT2D eigenvalue weighted by Gasteiger charge is 2.35. The monoisotopic (exact) mass is 419 g/mol. The van der Waals surface area contributed by atoms with Gasteiger partial charge in [0.05, 0.1) is 0 Å². The maximum Gasteiger partial charge on any atom is 0.253 e. The molecule has 1 heterocycles. The van der Waals surface area contributed by atoms with Crippen molar-refractivity contribution in [1.82, 2.24) is 15.1 Å². The van der Waals surface area contributed by atoms with Crippen LogP contribution in [0.2, 0.25) is 0 Å². The third kappa shape index (κ3) is 6.28. The molecule has 1 fully saturated rings. The summed E-state index contributed by atoms with van der Waals surface area (Å²) >= 11 is 0. The van der Waals surface area contributed by atoms with Gasteiger partial charge in [0.1, 0.15) is 11.9 Å². The van der Waals surface area contributed by atoms with Crippen LogP contribution in [0.25, 0.3) is 0 Å². The number of piperidine rings is 1. The van der Waals surface area contributed by atoms with Gasteiger partial charge in [-0.15, -0.1) is 0 Å². The fourth-order valence-electron chi connectivity index (χ4n) is 3.96. The van der Waals surface area contributed by atoms with Gasteiger partial charge < -0.3 is 15.1 Å². The highest BCUT2D eigenvalue weighted by atomic mass is 19.1. The molecule has 1 N–H and O–H groups in total. The number of carbonyl (C=O) groups is 3. The van der Waals surface area contributed by atoms with Gasteiger partial charge in [-0.3, -0.25) is 14.4 Å². The fourth-order valence-corrected chi connectivity index (χ4v) is 3.96. The highest BCUT2D eigenvalue weighted by molar-refractivity contribution is 5.94. The number of hydrogen-bond acceptors (Lipinski definition) is 3. The Labute approximate surface area is 178 Å². The summed E-state index contributed by atoms with van der Waals surface area (Å²) in [4.78, 5) is 41.6. The Morgan fingerprint density at radius 1 is 1.17 bits per heavy atom. The van der Waals surface area contributed by atoms with E-state index in [9.17, 15) is 18.8 Å². The molecular formula is C23H34FN3O3. The van der Waals surface area contributed by atoms with Crippen LogP contribution in [0.15, 0.2) is 24.3 Å². The van der Waals surface area contributed by atoms with E-state index in [-0.39, 0.29) is 29.6 Å². The molecule has 30 heavy (non-hydrogen) atoms. The van der Waals surface area contributed by atoms with E-state index in [1.54, 1.807) is 15.9 Å². The van der Waals surface area contributed by atoms with Crippen molar-refractivity contribution in [2.24, 2.45) is 11.8 Å². The molecule has 1 aliphatic rings. The molecule has 0 unspecified atom stereocenters. The molecule has 1 aromatic rings. The van der Waals surface area contributed by atoms with Crippen molar-refractivity contribution >= 4 is 17.7 Å². The van der Waals surface area contributed by atoms with E-state index in [4.69, 9.17) is 0 Å². The molecule has 6 nitrogen and oxygen atoms in total. The first-order chi connectivity index (χ1) is 14.3. The molecular weight excluding hydrogens is 385 g/mol. The summed E-state index contributed by atoms with van der Waals surface area (Å²) in [6, 6.07) is 5.11. The summed E-state index contributed by atoms with van der Waals surface area (Å²) < 4.78 is 13.5. The minimum absolute atomic E-state index is 0.0363. The quantitative estimate of drug-likeness (QED) is 0.704. The van der Waals surface area contributed by atoms with Gasteiger partial charge in [0.15, 0.2) is 0 Å².